The second kappa shape index (κ2) is 9.60. The number of hydrogen-bond acceptors (Lipinski definition) is 3. The number of aromatic nitrogens is 1. The van der Waals surface area contributed by atoms with E-state index in [4.69, 9.17) is 5.41 Å². The Morgan fingerprint density at radius 2 is 2.00 bits per heavy atom. The van der Waals surface area contributed by atoms with Crippen LogP contribution in [0.15, 0.2) is 61.3 Å². The fourth-order valence-electron chi connectivity index (χ4n) is 3.79. The third-order valence-electron chi connectivity index (χ3n) is 5.41. The maximum absolute atomic E-state index is 14.5. The number of alkyl halides is 3. The summed E-state index contributed by atoms with van der Waals surface area (Å²) in [4.78, 5) is 12.0. The molecule has 0 saturated carbocycles. The van der Waals surface area contributed by atoms with Gasteiger partial charge in [0.1, 0.15) is 5.69 Å². The number of primary amides is 1. The molecule has 0 aliphatic heterocycles. The number of benzene rings is 2. The first-order valence-corrected chi connectivity index (χ1v) is 10.4. The second-order valence-electron chi connectivity index (χ2n) is 7.63. The third-order valence-corrected chi connectivity index (χ3v) is 5.41. The number of amides is 2. The number of fused-ring (bicyclic) bond motifs is 1. The van der Waals surface area contributed by atoms with E-state index in [2.05, 4.69) is 11.9 Å². The summed E-state index contributed by atoms with van der Waals surface area (Å²) in [5, 5.41) is 23.0. The molecule has 0 aliphatic rings. The van der Waals surface area contributed by atoms with Crippen molar-refractivity contribution in [2.45, 2.75) is 31.7 Å². The van der Waals surface area contributed by atoms with Gasteiger partial charge in [-0.05, 0) is 30.2 Å². The van der Waals surface area contributed by atoms with Gasteiger partial charge in [0.25, 0.3) is 0 Å². The third kappa shape index (κ3) is 4.55. The van der Waals surface area contributed by atoms with E-state index >= 15 is 0 Å². The summed E-state index contributed by atoms with van der Waals surface area (Å²) in [5.41, 5.74) is -3.21. The van der Waals surface area contributed by atoms with Gasteiger partial charge in [0.05, 0.1) is 5.56 Å². The van der Waals surface area contributed by atoms with Crippen LogP contribution in [0.25, 0.3) is 10.9 Å². The molecule has 3 aromatic rings. The number of nitrogens with one attached hydrogen (secondary N) is 2. The Bertz CT molecular complexity index is 1190. The highest BCUT2D eigenvalue weighted by Gasteiger charge is 2.57. The molecule has 3 rings (SSSR count). The molecule has 0 bridgehead atoms. The quantitative estimate of drug-likeness (QED) is 0.233. The number of para-hydroxylation sites is 1. The lowest BCUT2D eigenvalue weighted by Gasteiger charge is -2.31. The molecule has 1 atom stereocenters. The van der Waals surface area contributed by atoms with Crippen LogP contribution in [0.4, 0.5) is 23.7 Å². The first-order chi connectivity index (χ1) is 15.7. The summed E-state index contributed by atoms with van der Waals surface area (Å²) in [5.74, 6) is 0. The van der Waals surface area contributed by atoms with Crippen LogP contribution >= 0.6 is 0 Å². The number of rotatable bonds is 8. The normalized spacial score (nSPS) is 13.5. The van der Waals surface area contributed by atoms with E-state index in [1.165, 1.54) is 23.6 Å². The molecule has 0 aliphatic carbocycles. The number of allylic oxidation sites excluding steroid dienone is 1. The molecule has 0 spiro atoms. The lowest BCUT2D eigenvalue weighted by atomic mass is 9.84. The highest BCUT2D eigenvalue weighted by molar-refractivity contribution is 5.87. The van der Waals surface area contributed by atoms with Crippen molar-refractivity contribution in [3.63, 3.8) is 0 Å². The lowest BCUT2D eigenvalue weighted by Crippen LogP contribution is -2.85. The fraction of sp³-hybridized carbons (Fsp3) is 0.250. The van der Waals surface area contributed by atoms with E-state index in [0.29, 0.717) is 12.1 Å². The van der Waals surface area contributed by atoms with E-state index in [-0.39, 0.29) is 28.7 Å². The molecule has 0 radical (unpaired) electrons. The Hall–Kier alpha value is -3.43. The standard InChI is InChI=1S/C24H25F3N4O2/c1-3-11-29-22(32)30-20-10-9-17(13-16(20)14-28)23(33,24(25,26)27)19-15-31(12-4-2)21-8-6-5-7-18(19)21/h4-10,13-15,28,33H,2-3,11-12H2,1H3,(H2,29,30,32)/p+1. The van der Waals surface area contributed by atoms with Crippen molar-refractivity contribution in [2.75, 3.05) is 6.54 Å². The van der Waals surface area contributed by atoms with Crippen molar-refractivity contribution in [2.24, 2.45) is 0 Å². The fourth-order valence-corrected chi connectivity index (χ4v) is 3.79. The molecule has 5 N–H and O–H groups in total. The van der Waals surface area contributed by atoms with Crippen molar-refractivity contribution >= 4 is 28.8 Å². The zero-order valence-electron chi connectivity index (χ0n) is 18.1. The van der Waals surface area contributed by atoms with Gasteiger partial charge in [-0.25, -0.2) is 10.1 Å². The lowest BCUT2D eigenvalue weighted by molar-refractivity contribution is -0.464. The number of nitrogens with two attached hydrogens (primary N) is 1. The van der Waals surface area contributed by atoms with E-state index in [1.54, 1.807) is 28.8 Å². The molecule has 2 aromatic carbocycles. The Balaban J connectivity index is 2.17. The van der Waals surface area contributed by atoms with E-state index in [9.17, 15) is 23.1 Å². The minimum absolute atomic E-state index is 0.0802. The van der Waals surface area contributed by atoms with Gasteiger partial charge in [-0.15, -0.1) is 6.58 Å². The summed E-state index contributed by atoms with van der Waals surface area (Å²) >= 11 is 0. The van der Waals surface area contributed by atoms with Gasteiger partial charge in [0, 0.05) is 48.0 Å². The molecule has 1 unspecified atom stereocenters. The van der Waals surface area contributed by atoms with Gasteiger partial charge in [0.15, 0.2) is 0 Å². The second-order valence-corrected chi connectivity index (χ2v) is 7.63. The average Bonchev–Trinajstić information content (AvgIpc) is 3.16. The predicted molar refractivity (Wildman–Crippen MR) is 121 cm³/mol. The van der Waals surface area contributed by atoms with Crippen molar-refractivity contribution in [1.29, 1.82) is 5.41 Å². The zero-order chi connectivity index (χ0) is 24.2. The molecule has 6 nitrogen and oxygen atoms in total. The maximum Gasteiger partial charge on any atom is 0.425 e. The summed E-state index contributed by atoms with van der Waals surface area (Å²) in [7, 11) is 0. The highest BCUT2D eigenvalue weighted by Crippen LogP contribution is 2.47. The number of halogens is 3. The molecule has 174 valence electrons. The minimum atomic E-state index is -5.06. The van der Waals surface area contributed by atoms with E-state index in [0.717, 1.165) is 24.8 Å². The van der Waals surface area contributed by atoms with Crippen molar-refractivity contribution in [3.05, 3.63) is 78.0 Å². The molecule has 9 heteroatoms. The number of carbonyl (C=O) groups excluding carboxylic acids is 1. The smallest absolute Gasteiger partial charge is 0.372 e. The molecule has 0 fully saturated rings. The number of nitrogens with zero attached hydrogens (tertiary/aromatic N) is 1. The summed E-state index contributed by atoms with van der Waals surface area (Å²) in [6.07, 6.45) is -0.625. The Kier molecular flexibility index (Phi) is 7.04. The number of hydrogen-bond donors (Lipinski definition) is 4. The molecular formula is C24H26F3N4O2+. The Morgan fingerprint density at radius 1 is 1.27 bits per heavy atom. The van der Waals surface area contributed by atoms with Crippen molar-refractivity contribution in [1.82, 2.24) is 9.88 Å². The SMILES string of the molecule is C=CCn1cc(C(O)(c2ccc([NH2+]C(=O)NCCC)c(C=N)c2)C(F)(F)F)c2ccccc21. The maximum atomic E-state index is 14.5. The summed E-state index contributed by atoms with van der Waals surface area (Å²) in [6, 6.07) is 9.65. The molecule has 1 heterocycles. The molecule has 0 saturated heterocycles. The van der Waals surface area contributed by atoms with E-state index < -0.39 is 23.4 Å². The zero-order valence-corrected chi connectivity index (χ0v) is 18.1. The van der Waals surface area contributed by atoms with Gasteiger partial charge in [-0.2, -0.15) is 13.2 Å². The summed E-state index contributed by atoms with van der Waals surface area (Å²) < 4.78 is 45.0. The Labute approximate surface area is 189 Å². The van der Waals surface area contributed by atoms with Crippen LogP contribution < -0.4 is 10.6 Å². The minimum Gasteiger partial charge on any atom is -0.372 e. The Morgan fingerprint density at radius 3 is 2.64 bits per heavy atom. The van der Waals surface area contributed by atoms with Crippen LogP contribution in [-0.4, -0.2) is 34.6 Å². The first-order valence-electron chi connectivity index (χ1n) is 10.4. The van der Waals surface area contributed by atoms with Crippen LogP contribution in [0.1, 0.15) is 30.0 Å². The van der Waals surface area contributed by atoms with Gasteiger partial charge in [0.2, 0.25) is 5.60 Å². The van der Waals surface area contributed by atoms with Crippen LogP contribution in [-0.2, 0) is 12.1 Å². The predicted octanol–water partition coefficient (Wildman–Crippen LogP) is 3.94. The largest absolute Gasteiger partial charge is 0.425 e. The average molecular weight is 459 g/mol. The summed E-state index contributed by atoms with van der Waals surface area (Å²) in [6.45, 7) is 6.26. The van der Waals surface area contributed by atoms with Crippen LogP contribution in [0.5, 0.6) is 0 Å². The monoisotopic (exact) mass is 459 g/mol. The van der Waals surface area contributed by atoms with Crippen LogP contribution in [0.3, 0.4) is 0 Å². The van der Waals surface area contributed by atoms with Crippen LogP contribution in [0.2, 0.25) is 0 Å². The molecule has 33 heavy (non-hydrogen) atoms. The van der Waals surface area contributed by atoms with Crippen molar-refractivity contribution in [3.8, 4) is 0 Å². The van der Waals surface area contributed by atoms with Gasteiger partial charge < -0.3 is 20.4 Å². The topological polar surface area (TPSA) is 94.7 Å². The van der Waals surface area contributed by atoms with Gasteiger partial charge >= 0.3 is 12.2 Å². The number of aliphatic hydroxyl groups is 1. The van der Waals surface area contributed by atoms with Crippen LogP contribution in [0, 0.1) is 5.41 Å². The molecule has 1 aromatic heterocycles. The van der Waals surface area contributed by atoms with Gasteiger partial charge in [-0.1, -0.05) is 31.2 Å². The van der Waals surface area contributed by atoms with E-state index in [1.807, 2.05) is 6.92 Å². The highest BCUT2D eigenvalue weighted by atomic mass is 19.4. The van der Waals surface area contributed by atoms with Crippen molar-refractivity contribution < 1.29 is 28.4 Å². The number of urea groups is 1. The number of carbonyl (C=O) groups is 1. The van der Waals surface area contributed by atoms with Gasteiger partial charge in [-0.3, -0.25) is 0 Å². The molecule has 2 amide bonds. The number of quaternary nitrogens is 1. The molecular weight excluding hydrogens is 433 g/mol. The first kappa shape index (κ1) is 24.2.